The van der Waals surface area contributed by atoms with Crippen LogP contribution in [0.2, 0.25) is 0 Å². The Morgan fingerprint density at radius 3 is 3.00 bits per heavy atom. The molecule has 7 nitrogen and oxygen atoms in total. The van der Waals surface area contributed by atoms with Gasteiger partial charge in [0.25, 0.3) is 0 Å². The zero-order valence-electron chi connectivity index (χ0n) is 10.7. The molecule has 0 aliphatic carbocycles. The molecule has 0 unspecified atom stereocenters. The van der Waals surface area contributed by atoms with Gasteiger partial charge >= 0.3 is 0 Å². The zero-order chi connectivity index (χ0) is 13.9. The van der Waals surface area contributed by atoms with Gasteiger partial charge in [-0.15, -0.1) is 5.10 Å². The summed E-state index contributed by atoms with van der Waals surface area (Å²) in [6.45, 7) is 0.492. The van der Waals surface area contributed by atoms with Crippen molar-refractivity contribution in [1.29, 1.82) is 0 Å². The number of aryl methyl sites for hydroxylation is 1. The van der Waals surface area contributed by atoms with E-state index in [1.165, 1.54) is 4.90 Å². The van der Waals surface area contributed by atoms with Crippen LogP contribution in [0.3, 0.4) is 0 Å². The Morgan fingerprint density at radius 2 is 2.20 bits per heavy atom. The Bertz CT molecular complexity index is 638. The number of para-hydroxylation sites is 2. The highest BCUT2D eigenvalue weighted by molar-refractivity contribution is 6.09. The standard InChI is InChI=1S/C13H13N5O2/c19-12-9-18(11-4-2-1-3-10(11)15-12)13(20)5-7-17-8-6-14-16-17/h1-4,6,8H,5,7,9H2,(H,15,19). The van der Waals surface area contributed by atoms with Crippen LogP contribution in [0, 0.1) is 0 Å². The molecule has 102 valence electrons. The maximum absolute atomic E-state index is 12.3. The second-order valence-corrected chi connectivity index (χ2v) is 4.46. The molecule has 20 heavy (non-hydrogen) atoms. The van der Waals surface area contributed by atoms with Crippen LogP contribution in [0.4, 0.5) is 11.4 Å². The molecule has 0 fully saturated rings. The van der Waals surface area contributed by atoms with Gasteiger partial charge in [-0.3, -0.25) is 14.3 Å². The van der Waals surface area contributed by atoms with Gasteiger partial charge in [-0.1, -0.05) is 17.3 Å². The molecule has 2 amide bonds. The molecule has 0 radical (unpaired) electrons. The largest absolute Gasteiger partial charge is 0.323 e. The van der Waals surface area contributed by atoms with Crippen molar-refractivity contribution in [3.8, 4) is 0 Å². The zero-order valence-corrected chi connectivity index (χ0v) is 10.7. The number of rotatable bonds is 3. The highest BCUT2D eigenvalue weighted by atomic mass is 16.2. The van der Waals surface area contributed by atoms with E-state index in [0.29, 0.717) is 12.2 Å². The summed E-state index contributed by atoms with van der Waals surface area (Å²) in [4.78, 5) is 25.4. The summed E-state index contributed by atoms with van der Waals surface area (Å²) in [5, 5.41) is 10.2. The fourth-order valence-electron chi connectivity index (χ4n) is 2.15. The Morgan fingerprint density at radius 1 is 1.35 bits per heavy atom. The lowest BCUT2D eigenvalue weighted by Gasteiger charge is -2.29. The number of anilines is 2. The summed E-state index contributed by atoms with van der Waals surface area (Å²) in [5.41, 5.74) is 1.40. The molecule has 1 N–H and O–H groups in total. The molecule has 0 saturated carbocycles. The van der Waals surface area contributed by atoms with Gasteiger partial charge in [-0.2, -0.15) is 0 Å². The Hall–Kier alpha value is -2.70. The van der Waals surface area contributed by atoms with Crippen LogP contribution in [-0.2, 0) is 16.1 Å². The minimum Gasteiger partial charge on any atom is -0.323 e. The molecular formula is C13H13N5O2. The lowest BCUT2D eigenvalue weighted by atomic mass is 10.2. The number of hydrogen-bond acceptors (Lipinski definition) is 4. The Balaban J connectivity index is 1.76. The molecule has 1 aliphatic heterocycles. The van der Waals surface area contributed by atoms with E-state index in [0.717, 1.165) is 5.69 Å². The third kappa shape index (κ3) is 2.37. The number of nitrogens with one attached hydrogen (secondary N) is 1. The van der Waals surface area contributed by atoms with Crippen LogP contribution >= 0.6 is 0 Å². The highest BCUT2D eigenvalue weighted by Crippen LogP contribution is 2.29. The molecule has 2 aromatic rings. The third-order valence-corrected chi connectivity index (χ3v) is 3.10. The minimum atomic E-state index is -0.183. The summed E-state index contributed by atoms with van der Waals surface area (Å²) in [6.07, 6.45) is 3.53. The Labute approximate surface area is 115 Å². The van der Waals surface area contributed by atoms with Crippen molar-refractivity contribution in [2.45, 2.75) is 13.0 Å². The van der Waals surface area contributed by atoms with Gasteiger partial charge in [0.05, 0.1) is 24.1 Å². The first kappa shape index (κ1) is 12.3. The predicted molar refractivity (Wildman–Crippen MR) is 72.1 cm³/mol. The van der Waals surface area contributed by atoms with Crippen LogP contribution in [0.5, 0.6) is 0 Å². The van der Waals surface area contributed by atoms with Crippen LogP contribution in [0.15, 0.2) is 36.7 Å². The first-order valence-electron chi connectivity index (χ1n) is 6.27. The summed E-state index contributed by atoms with van der Waals surface area (Å²) in [6, 6.07) is 7.27. The van der Waals surface area contributed by atoms with Crippen LogP contribution < -0.4 is 10.2 Å². The second-order valence-electron chi connectivity index (χ2n) is 4.46. The van der Waals surface area contributed by atoms with Crippen molar-refractivity contribution in [3.63, 3.8) is 0 Å². The first-order valence-corrected chi connectivity index (χ1v) is 6.27. The summed E-state index contributed by atoms with van der Waals surface area (Å²) < 4.78 is 1.59. The number of nitrogens with zero attached hydrogens (tertiary/aromatic N) is 4. The molecule has 7 heteroatoms. The van der Waals surface area contributed by atoms with E-state index >= 15 is 0 Å². The average Bonchev–Trinajstić information content (AvgIpc) is 2.97. The number of carbonyl (C=O) groups is 2. The van der Waals surface area contributed by atoms with Gasteiger partial charge in [0.1, 0.15) is 6.54 Å². The lowest BCUT2D eigenvalue weighted by Crippen LogP contribution is -2.42. The van der Waals surface area contributed by atoms with Crippen molar-refractivity contribution in [3.05, 3.63) is 36.7 Å². The van der Waals surface area contributed by atoms with Crippen molar-refractivity contribution < 1.29 is 9.59 Å². The van der Waals surface area contributed by atoms with E-state index in [1.807, 2.05) is 18.2 Å². The quantitative estimate of drug-likeness (QED) is 0.889. The van der Waals surface area contributed by atoms with Crippen molar-refractivity contribution in [2.75, 3.05) is 16.8 Å². The number of benzene rings is 1. The van der Waals surface area contributed by atoms with Gasteiger partial charge in [0.2, 0.25) is 11.8 Å². The van der Waals surface area contributed by atoms with Gasteiger partial charge < -0.3 is 10.2 Å². The average molecular weight is 271 g/mol. The minimum absolute atomic E-state index is 0.0488. The fraction of sp³-hybridized carbons (Fsp3) is 0.231. The maximum atomic E-state index is 12.3. The molecule has 0 atom stereocenters. The van der Waals surface area contributed by atoms with Crippen molar-refractivity contribution >= 4 is 23.2 Å². The first-order chi connectivity index (χ1) is 9.74. The van der Waals surface area contributed by atoms with E-state index in [2.05, 4.69) is 15.6 Å². The number of hydrogen-bond donors (Lipinski definition) is 1. The van der Waals surface area contributed by atoms with E-state index in [1.54, 1.807) is 23.1 Å². The topological polar surface area (TPSA) is 80.1 Å². The van der Waals surface area contributed by atoms with E-state index in [4.69, 9.17) is 0 Å². The van der Waals surface area contributed by atoms with Gasteiger partial charge in [0.15, 0.2) is 0 Å². The number of carbonyl (C=O) groups excluding carboxylic acids is 2. The van der Waals surface area contributed by atoms with Gasteiger partial charge in [0, 0.05) is 12.6 Å². The van der Waals surface area contributed by atoms with Crippen molar-refractivity contribution in [1.82, 2.24) is 15.0 Å². The molecule has 0 spiro atoms. The highest BCUT2D eigenvalue weighted by Gasteiger charge is 2.26. The molecule has 3 rings (SSSR count). The SMILES string of the molecule is O=C1CN(C(=O)CCn2ccnn2)c2ccccc2N1. The predicted octanol–water partition coefficient (Wildman–Crippen LogP) is 0.653. The summed E-state index contributed by atoms with van der Waals surface area (Å²) in [7, 11) is 0. The molecule has 1 aromatic carbocycles. The lowest BCUT2D eigenvalue weighted by molar-refractivity contribution is -0.122. The Kier molecular flexibility index (Phi) is 3.16. The van der Waals surface area contributed by atoms with E-state index in [-0.39, 0.29) is 24.8 Å². The van der Waals surface area contributed by atoms with Crippen molar-refractivity contribution in [2.24, 2.45) is 0 Å². The van der Waals surface area contributed by atoms with Crippen LogP contribution in [0.1, 0.15) is 6.42 Å². The molecule has 2 heterocycles. The van der Waals surface area contributed by atoms with E-state index < -0.39 is 0 Å². The molecule has 1 aliphatic rings. The number of fused-ring (bicyclic) bond motifs is 1. The van der Waals surface area contributed by atoms with E-state index in [9.17, 15) is 9.59 Å². The van der Waals surface area contributed by atoms with Crippen LogP contribution in [-0.4, -0.2) is 33.4 Å². The fourth-order valence-corrected chi connectivity index (χ4v) is 2.15. The molecular weight excluding hydrogens is 258 g/mol. The van der Waals surface area contributed by atoms with Gasteiger partial charge in [-0.05, 0) is 12.1 Å². The smallest absolute Gasteiger partial charge is 0.244 e. The monoisotopic (exact) mass is 271 g/mol. The third-order valence-electron chi connectivity index (χ3n) is 3.10. The molecule has 0 bridgehead atoms. The van der Waals surface area contributed by atoms with Crippen LogP contribution in [0.25, 0.3) is 0 Å². The molecule has 1 aromatic heterocycles. The number of aromatic nitrogens is 3. The van der Waals surface area contributed by atoms with Gasteiger partial charge in [-0.25, -0.2) is 0 Å². The molecule has 0 saturated heterocycles. The maximum Gasteiger partial charge on any atom is 0.244 e. The summed E-state index contributed by atoms with van der Waals surface area (Å²) >= 11 is 0. The normalized spacial score (nSPS) is 13.8. The summed E-state index contributed by atoms with van der Waals surface area (Å²) in [5.74, 6) is -0.291. The second kappa shape index (κ2) is 5.12. The number of amides is 2.